The molecule has 0 unspecified atom stereocenters. The van der Waals surface area contributed by atoms with Crippen LogP contribution in [-0.4, -0.2) is 34.7 Å². The highest BCUT2D eigenvalue weighted by atomic mass is 35.5. The lowest BCUT2D eigenvalue weighted by Gasteiger charge is -2.24. The molecule has 4 N–H and O–H groups in total. The lowest BCUT2D eigenvalue weighted by Crippen LogP contribution is -2.47. The van der Waals surface area contributed by atoms with Crippen LogP contribution < -0.4 is 5.73 Å². The standard InChI is InChI=1S/C18H28F3NO2S.ClH/c1-2-3-4-5-10-25-16-7-6-14(11-15(16)18(19,20)21)8-9-17(22,12-23)13-24;/h6-7,11,23-24H,2-5,8-10,12-13,22H2,1H3;1H. The molecule has 0 aromatic heterocycles. The highest BCUT2D eigenvalue weighted by molar-refractivity contribution is 7.99. The number of halogens is 4. The van der Waals surface area contributed by atoms with Gasteiger partial charge in [-0.15, -0.1) is 24.2 Å². The summed E-state index contributed by atoms with van der Waals surface area (Å²) in [5.41, 5.74) is 4.48. The van der Waals surface area contributed by atoms with Crippen LogP contribution in [0, 0.1) is 0 Å². The van der Waals surface area contributed by atoms with Gasteiger partial charge in [0.2, 0.25) is 0 Å². The third-order valence-electron chi connectivity index (χ3n) is 4.15. The summed E-state index contributed by atoms with van der Waals surface area (Å²) in [6.45, 7) is 1.26. The van der Waals surface area contributed by atoms with Crippen molar-refractivity contribution in [2.45, 2.75) is 62.1 Å². The monoisotopic (exact) mass is 415 g/mol. The van der Waals surface area contributed by atoms with Crippen molar-refractivity contribution in [1.29, 1.82) is 0 Å². The molecule has 0 aliphatic carbocycles. The highest BCUT2D eigenvalue weighted by Crippen LogP contribution is 2.38. The zero-order valence-corrected chi connectivity index (χ0v) is 16.7. The number of nitrogens with two attached hydrogens (primary N) is 1. The van der Waals surface area contributed by atoms with E-state index in [4.69, 9.17) is 5.73 Å². The van der Waals surface area contributed by atoms with Crippen LogP contribution in [0.2, 0.25) is 0 Å². The molecule has 8 heteroatoms. The number of alkyl halides is 3. The van der Waals surface area contributed by atoms with Crippen molar-refractivity contribution in [2.24, 2.45) is 5.73 Å². The maximum absolute atomic E-state index is 13.3. The average Bonchev–Trinajstić information content (AvgIpc) is 2.59. The first-order chi connectivity index (χ1) is 11.8. The smallest absolute Gasteiger partial charge is 0.394 e. The Morgan fingerprint density at radius 1 is 1.08 bits per heavy atom. The number of hydrogen-bond donors (Lipinski definition) is 3. The topological polar surface area (TPSA) is 66.5 Å². The molecule has 0 spiro atoms. The van der Waals surface area contributed by atoms with Gasteiger partial charge in [0.25, 0.3) is 0 Å². The summed E-state index contributed by atoms with van der Waals surface area (Å²) in [4.78, 5) is 0.246. The minimum absolute atomic E-state index is 0. The van der Waals surface area contributed by atoms with Crippen molar-refractivity contribution in [1.82, 2.24) is 0 Å². The number of aliphatic hydroxyl groups is 2. The van der Waals surface area contributed by atoms with Gasteiger partial charge in [-0.2, -0.15) is 13.2 Å². The quantitative estimate of drug-likeness (QED) is 0.370. The minimum atomic E-state index is -4.41. The van der Waals surface area contributed by atoms with E-state index in [0.29, 0.717) is 11.3 Å². The molecule has 3 nitrogen and oxygen atoms in total. The Morgan fingerprint density at radius 2 is 1.73 bits per heavy atom. The summed E-state index contributed by atoms with van der Waals surface area (Å²) in [6, 6.07) is 4.33. The molecule has 0 atom stereocenters. The molecule has 1 aromatic rings. The molecule has 0 amide bonds. The average molecular weight is 416 g/mol. The molecular formula is C18H29ClF3NO2S. The fourth-order valence-corrected chi connectivity index (χ4v) is 3.46. The van der Waals surface area contributed by atoms with E-state index >= 15 is 0 Å². The second-order valence-electron chi connectivity index (χ2n) is 6.42. The number of thioether (sulfide) groups is 1. The SMILES string of the molecule is CCCCCCSc1ccc(CCC(N)(CO)CO)cc1C(F)(F)F.Cl. The fraction of sp³-hybridized carbons (Fsp3) is 0.667. The normalized spacial score (nSPS) is 12.1. The Bertz CT molecular complexity index is 526. The first-order valence-electron chi connectivity index (χ1n) is 8.59. The van der Waals surface area contributed by atoms with Crippen molar-refractivity contribution in [2.75, 3.05) is 19.0 Å². The van der Waals surface area contributed by atoms with E-state index in [2.05, 4.69) is 6.92 Å². The number of aliphatic hydroxyl groups excluding tert-OH is 2. The molecule has 1 aromatic carbocycles. The molecule has 0 heterocycles. The maximum Gasteiger partial charge on any atom is 0.417 e. The third-order valence-corrected chi connectivity index (χ3v) is 5.31. The molecule has 152 valence electrons. The molecule has 1 rings (SSSR count). The van der Waals surface area contributed by atoms with Gasteiger partial charge in [0, 0.05) is 4.90 Å². The van der Waals surface area contributed by atoms with E-state index in [1.165, 1.54) is 17.8 Å². The second-order valence-corrected chi connectivity index (χ2v) is 7.55. The lowest BCUT2D eigenvalue weighted by atomic mass is 9.93. The summed E-state index contributed by atoms with van der Waals surface area (Å²) < 4.78 is 40.0. The predicted molar refractivity (Wildman–Crippen MR) is 103 cm³/mol. The first-order valence-corrected chi connectivity index (χ1v) is 9.58. The Hall–Kier alpha value is -0.470. The molecule has 0 saturated heterocycles. The van der Waals surface area contributed by atoms with Gasteiger partial charge in [0.05, 0.1) is 24.3 Å². The number of benzene rings is 1. The van der Waals surface area contributed by atoms with Crippen LogP contribution in [0.4, 0.5) is 13.2 Å². The van der Waals surface area contributed by atoms with Crippen LogP contribution in [0.15, 0.2) is 23.1 Å². The fourth-order valence-electron chi connectivity index (χ4n) is 2.39. The van der Waals surface area contributed by atoms with E-state index in [-0.39, 0.29) is 30.1 Å². The predicted octanol–water partition coefficient (Wildman–Crippen LogP) is 4.41. The van der Waals surface area contributed by atoms with Gasteiger partial charge < -0.3 is 15.9 Å². The molecule has 0 saturated carbocycles. The first kappa shape index (κ1) is 25.5. The van der Waals surface area contributed by atoms with Crippen molar-refractivity contribution in [3.05, 3.63) is 29.3 Å². The number of aryl methyl sites for hydroxylation is 1. The van der Waals surface area contributed by atoms with Crippen LogP contribution in [0.1, 0.15) is 50.2 Å². The summed E-state index contributed by atoms with van der Waals surface area (Å²) in [5.74, 6) is 0.670. The van der Waals surface area contributed by atoms with E-state index in [1.807, 2.05) is 0 Å². The Labute approximate surface area is 164 Å². The number of unbranched alkanes of at least 4 members (excludes halogenated alkanes) is 3. The summed E-state index contributed by atoms with van der Waals surface area (Å²) in [7, 11) is 0. The molecule has 26 heavy (non-hydrogen) atoms. The van der Waals surface area contributed by atoms with Gasteiger partial charge in [-0.05, 0) is 42.7 Å². The third kappa shape index (κ3) is 8.48. The highest BCUT2D eigenvalue weighted by Gasteiger charge is 2.34. The molecule has 0 fully saturated rings. The van der Waals surface area contributed by atoms with Crippen molar-refractivity contribution in [3.63, 3.8) is 0 Å². The van der Waals surface area contributed by atoms with Gasteiger partial charge in [0.1, 0.15) is 0 Å². The largest absolute Gasteiger partial charge is 0.417 e. The number of hydrogen-bond acceptors (Lipinski definition) is 4. The van der Waals surface area contributed by atoms with E-state index in [9.17, 15) is 23.4 Å². The van der Waals surface area contributed by atoms with Crippen molar-refractivity contribution >= 4 is 24.2 Å². The van der Waals surface area contributed by atoms with Crippen LogP contribution in [0.5, 0.6) is 0 Å². The van der Waals surface area contributed by atoms with Crippen LogP contribution in [-0.2, 0) is 12.6 Å². The zero-order chi connectivity index (χ0) is 18.9. The van der Waals surface area contributed by atoms with Crippen LogP contribution in [0.25, 0.3) is 0 Å². The van der Waals surface area contributed by atoms with Gasteiger partial charge in [0.15, 0.2) is 0 Å². The maximum atomic E-state index is 13.3. The summed E-state index contributed by atoms with van der Waals surface area (Å²) in [6.07, 6.45) is 0.197. The Kier molecular flexibility index (Phi) is 11.9. The van der Waals surface area contributed by atoms with E-state index in [0.717, 1.165) is 31.7 Å². The second kappa shape index (κ2) is 12.1. The summed E-state index contributed by atoms with van der Waals surface area (Å²) >= 11 is 1.24. The summed E-state index contributed by atoms with van der Waals surface area (Å²) in [5, 5.41) is 18.4. The Balaban J connectivity index is 0.00000625. The van der Waals surface area contributed by atoms with E-state index in [1.54, 1.807) is 6.07 Å². The van der Waals surface area contributed by atoms with Gasteiger partial charge >= 0.3 is 6.18 Å². The zero-order valence-electron chi connectivity index (χ0n) is 15.0. The van der Waals surface area contributed by atoms with Gasteiger partial charge in [-0.1, -0.05) is 32.3 Å². The minimum Gasteiger partial charge on any atom is -0.394 e. The number of rotatable bonds is 11. The molecule has 0 aliphatic heterocycles. The van der Waals surface area contributed by atoms with Crippen LogP contribution >= 0.6 is 24.2 Å². The lowest BCUT2D eigenvalue weighted by molar-refractivity contribution is -0.139. The van der Waals surface area contributed by atoms with Crippen molar-refractivity contribution in [3.8, 4) is 0 Å². The molecule has 0 aliphatic rings. The molecule has 0 radical (unpaired) electrons. The van der Waals surface area contributed by atoms with Gasteiger partial charge in [-0.25, -0.2) is 0 Å². The van der Waals surface area contributed by atoms with Crippen LogP contribution in [0.3, 0.4) is 0 Å². The van der Waals surface area contributed by atoms with Crippen molar-refractivity contribution < 1.29 is 23.4 Å². The molecular weight excluding hydrogens is 387 g/mol. The van der Waals surface area contributed by atoms with Gasteiger partial charge in [-0.3, -0.25) is 0 Å². The Morgan fingerprint density at radius 3 is 2.27 bits per heavy atom. The molecule has 0 bridgehead atoms. The van der Waals surface area contributed by atoms with E-state index < -0.39 is 30.5 Å².